The molecule has 2 atom stereocenters. The first-order chi connectivity index (χ1) is 9.06. The maximum absolute atomic E-state index is 11.2. The van der Waals surface area contributed by atoms with Gasteiger partial charge in [-0.15, -0.1) is 0 Å². The van der Waals surface area contributed by atoms with Crippen molar-refractivity contribution in [3.8, 4) is 0 Å². The Kier molecular flexibility index (Phi) is 10.8. The molecule has 0 aliphatic heterocycles. The van der Waals surface area contributed by atoms with Gasteiger partial charge < -0.3 is 19.9 Å². The first-order valence-electron chi connectivity index (χ1n) is 6.74. The summed E-state index contributed by atoms with van der Waals surface area (Å²) in [5, 5.41) is 12.3. The van der Waals surface area contributed by atoms with Crippen LogP contribution in [0.2, 0.25) is 0 Å². The second kappa shape index (κ2) is 11.2. The van der Waals surface area contributed by atoms with Crippen LogP contribution in [0.15, 0.2) is 0 Å². The van der Waals surface area contributed by atoms with Crippen molar-refractivity contribution >= 4 is 5.97 Å². The number of methoxy groups -OCH3 is 2. The van der Waals surface area contributed by atoms with Crippen molar-refractivity contribution in [2.24, 2.45) is 0 Å². The second-order valence-electron chi connectivity index (χ2n) is 4.64. The minimum absolute atomic E-state index is 0.158. The van der Waals surface area contributed by atoms with Gasteiger partial charge in [-0.2, -0.15) is 0 Å². The molecule has 0 saturated heterocycles. The van der Waals surface area contributed by atoms with Gasteiger partial charge in [-0.1, -0.05) is 6.92 Å². The van der Waals surface area contributed by atoms with Gasteiger partial charge in [-0.3, -0.25) is 9.69 Å². The molecule has 0 aromatic heterocycles. The number of hydrogen-bond donors (Lipinski definition) is 2. The zero-order chi connectivity index (χ0) is 14.7. The molecule has 114 valence electrons. The average molecular weight is 276 g/mol. The highest BCUT2D eigenvalue weighted by molar-refractivity contribution is 5.73. The molecule has 0 amide bonds. The highest BCUT2D eigenvalue weighted by Crippen LogP contribution is 2.02. The molecular weight excluding hydrogens is 248 g/mol. The summed E-state index contributed by atoms with van der Waals surface area (Å²) in [6, 6.07) is -0.401. The van der Waals surface area contributed by atoms with Crippen LogP contribution in [0.25, 0.3) is 0 Å². The Morgan fingerprint density at radius 2 is 2.05 bits per heavy atom. The average Bonchev–Trinajstić information content (AvgIpc) is 2.37. The third kappa shape index (κ3) is 8.15. The summed E-state index contributed by atoms with van der Waals surface area (Å²) < 4.78 is 10.2. The molecule has 0 heterocycles. The number of carbonyl (C=O) groups is 1. The van der Waals surface area contributed by atoms with Crippen LogP contribution in [-0.2, 0) is 14.3 Å². The standard InChI is InChI=1S/C13H28N2O4/c1-5-6-14-12(13(16)17)9-15(7-8-18-3)11(2)10-19-4/h11-12,14H,5-10H2,1-4H3,(H,16,17). The molecule has 0 rings (SSSR count). The van der Waals surface area contributed by atoms with Gasteiger partial charge in [0.25, 0.3) is 0 Å². The zero-order valence-electron chi connectivity index (χ0n) is 12.5. The summed E-state index contributed by atoms with van der Waals surface area (Å²) in [4.78, 5) is 13.3. The summed E-state index contributed by atoms with van der Waals surface area (Å²) in [7, 11) is 3.29. The molecule has 0 saturated carbocycles. The van der Waals surface area contributed by atoms with E-state index in [0.29, 0.717) is 32.8 Å². The largest absolute Gasteiger partial charge is 0.480 e. The fourth-order valence-corrected chi connectivity index (χ4v) is 1.83. The number of ether oxygens (including phenoxy) is 2. The van der Waals surface area contributed by atoms with Crippen LogP contribution >= 0.6 is 0 Å². The maximum atomic E-state index is 11.2. The van der Waals surface area contributed by atoms with Crippen molar-refractivity contribution in [3.63, 3.8) is 0 Å². The Morgan fingerprint density at radius 3 is 2.53 bits per heavy atom. The molecular formula is C13H28N2O4. The van der Waals surface area contributed by atoms with E-state index >= 15 is 0 Å². The minimum atomic E-state index is -0.819. The Balaban J connectivity index is 4.49. The normalized spacial score (nSPS) is 14.6. The van der Waals surface area contributed by atoms with Crippen LogP contribution in [0.5, 0.6) is 0 Å². The number of nitrogens with one attached hydrogen (secondary N) is 1. The Labute approximate surface area is 116 Å². The predicted octanol–water partition coefficient (Wildman–Crippen LogP) is 0.423. The van der Waals surface area contributed by atoms with Gasteiger partial charge in [0.15, 0.2) is 0 Å². The van der Waals surface area contributed by atoms with Gasteiger partial charge in [0, 0.05) is 33.4 Å². The van der Waals surface area contributed by atoms with Gasteiger partial charge in [0.2, 0.25) is 0 Å². The number of aliphatic carboxylic acids is 1. The number of nitrogens with zero attached hydrogens (tertiary/aromatic N) is 1. The summed E-state index contributed by atoms with van der Waals surface area (Å²) in [5.74, 6) is -0.819. The van der Waals surface area contributed by atoms with Crippen molar-refractivity contribution in [1.29, 1.82) is 0 Å². The Bertz CT molecular complexity index is 239. The predicted molar refractivity (Wildman–Crippen MR) is 74.5 cm³/mol. The highest BCUT2D eigenvalue weighted by atomic mass is 16.5. The van der Waals surface area contributed by atoms with Crippen LogP contribution in [0.1, 0.15) is 20.3 Å². The number of carboxylic acid groups (broad SMARTS) is 1. The molecule has 0 aliphatic carbocycles. The van der Waals surface area contributed by atoms with E-state index in [1.165, 1.54) is 0 Å². The molecule has 2 unspecified atom stereocenters. The third-order valence-corrected chi connectivity index (χ3v) is 2.97. The molecule has 0 bridgehead atoms. The second-order valence-corrected chi connectivity index (χ2v) is 4.64. The van der Waals surface area contributed by atoms with E-state index in [1.807, 2.05) is 13.8 Å². The SMILES string of the molecule is CCCNC(CN(CCOC)C(C)COC)C(=O)O. The maximum Gasteiger partial charge on any atom is 0.322 e. The van der Waals surface area contributed by atoms with E-state index in [2.05, 4.69) is 10.2 Å². The topological polar surface area (TPSA) is 71.0 Å². The molecule has 6 heteroatoms. The molecule has 0 radical (unpaired) electrons. The molecule has 0 aliphatic rings. The van der Waals surface area contributed by atoms with E-state index in [0.717, 1.165) is 6.42 Å². The Morgan fingerprint density at radius 1 is 1.37 bits per heavy atom. The summed E-state index contributed by atoms with van der Waals surface area (Å²) in [6.07, 6.45) is 0.912. The van der Waals surface area contributed by atoms with Gasteiger partial charge in [0.05, 0.1) is 13.2 Å². The first kappa shape index (κ1) is 18.3. The molecule has 0 aromatic rings. The van der Waals surface area contributed by atoms with E-state index in [4.69, 9.17) is 9.47 Å². The lowest BCUT2D eigenvalue weighted by atomic mass is 10.2. The van der Waals surface area contributed by atoms with E-state index in [1.54, 1.807) is 14.2 Å². The third-order valence-electron chi connectivity index (χ3n) is 2.97. The summed E-state index contributed by atoms with van der Waals surface area (Å²) in [5.41, 5.74) is 0. The van der Waals surface area contributed by atoms with Crippen molar-refractivity contribution in [2.75, 3.05) is 47.1 Å². The zero-order valence-corrected chi connectivity index (χ0v) is 12.5. The first-order valence-corrected chi connectivity index (χ1v) is 6.74. The Hall–Kier alpha value is -0.690. The van der Waals surface area contributed by atoms with Crippen molar-refractivity contribution in [3.05, 3.63) is 0 Å². The fraction of sp³-hybridized carbons (Fsp3) is 0.923. The molecule has 6 nitrogen and oxygen atoms in total. The fourth-order valence-electron chi connectivity index (χ4n) is 1.83. The van der Waals surface area contributed by atoms with Crippen molar-refractivity contribution in [2.45, 2.75) is 32.4 Å². The van der Waals surface area contributed by atoms with Crippen LogP contribution < -0.4 is 5.32 Å². The van der Waals surface area contributed by atoms with Crippen molar-refractivity contribution in [1.82, 2.24) is 10.2 Å². The molecule has 0 aromatic carbocycles. The lowest BCUT2D eigenvalue weighted by Gasteiger charge is -2.31. The monoisotopic (exact) mass is 276 g/mol. The lowest BCUT2D eigenvalue weighted by molar-refractivity contribution is -0.140. The van der Waals surface area contributed by atoms with Crippen LogP contribution in [-0.4, -0.2) is 75.1 Å². The number of rotatable bonds is 12. The highest BCUT2D eigenvalue weighted by Gasteiger charge is 2.23. The van der Waals surface area contributed by atoms with Gasteiger partial charge in [-0.25, -0.2) is 0 Å². The molecule has 0 fully saturated rings. The number of hydrogen-bond acceptors (Lipinski definition) is 5. The van der Waals surface area contributed by atoms with Gasteiger partial charge in [-0.05, 0) is 19.9 Å². The van der Waals surface area contributed by atoms with Crippen LogP contribution in [0.3, 0.4) is 0 Å². The van der Waals surface area contributed by atoms with Gasteiger partial charge in [0.1, 0.15) is 6.04 Å². The summed E-state index contributed by atoms with van der Waals surface area (Å²) >= 11 is 0. The number of carboxylic acids is 1. The van der Waals surface area contributed by atoms with E-state index in [9.17, 15) is 9.90 Å². The van der Waals surface area contributed by atoms with Crippen LogP contribution in [0, 0.1) is 0 Å². The summed E-state index contributed by atoms with van der Waals surface area (Å²) in [6.45, 7) is 7.04. The van der Waals surface area contributed by atoms with E-state index < -0.39 is 12.0 Å². The minimum Gasteiger partial charge on any atom is -0.480 e. The molecule has 0 spiro atoms. The lowest BCUT2D eigenvalue weighted by Crippen LogP contribution is -2.50. The molecule has 19 heavy (non-hydrogen) atoms. The van der Waals surface area contributed by atoms with Gasteiger partial charge >= 0.3 is 5.97 Å². The van der Waals surface area contributed by atoms with Crippen molar-refractivity contribution < 1.29 is 19.4 Å². The quantitative estimate of drug-likeness (QED) is 0.538. The smallest absolute Gasteiger partial charge is 0.322 e. The van der Waals surface area contributed by atoms with E-state index in [-0.39, 0.29) is 6.04 Å². The van der Waals surface area contributed by atoms with Crippen LogP contribution in [0.4, 0.5) is 0 Å². The molecule has 2 N–H and O–H groups in total.